The van der Waals surface area contributed by atoms with Crippen molar-refractivity contribution < 1.29 is 19.0 Å². The lowest BCUT2D eigenvalue weighted by atomic mass is 9.98. The van der Waals surface area contributed by atoms with E-state index in [9.17, 15) is 4.79 Å². The number of rotatable bonds is 6. The van der Waals surface area contributed by atoms with Gasteiger partial charge < -0.3 is 14.2 Å². The minimum absolute atomic E-state index is 0.0615. The minimum Gasteiger partial charge on any atom is -0.463 e. The number of hydrogen-bond donors (Lipinski definition) is 0. The van der Waals surface area contributed by atoms with Crippen molar-refractivity contribution in [2.24, 2.45) is 0 Å². The van der Waals surface area contributed by atoms with Crippen LogP contribution < -0.4 is 0 Å². The van der Waals surface area contributed by atoms with Gasteiger partial charge in [0, 0.05) is 20.1 Å². The Bertz CT molecular complexity index is 650. The van der Waals surface area contributed by atoms with Crippen molar-refractivity contribution in [2.75, 3.05) is 27.4 Å². The van der Waals surface area contributed by atoms with Crippen LogP contribution in [0.25, 0.3) is 11.1 Å². The molecule has 3 rings (SSSR count). The largest absolute Gasteiger partial charge is 0.463 e. The smallest absolute Gasteiger partial charge is 0.337 e. The maximum atomic E-state index is 12.1. The maximum absolute atomic E-state index is 12.1. The lowest BCUT2D eigenvalue weighted by Crippen LogP contribution is -2.30. The van der Waals surface area contributed by atoms with E-state index in [0.717, 1.165) is 0 Å². The Morgan fingerprint density at radius 1 is 1.00 bits per heavy atom. The SMILES string of the molecule is COCC(OC)C(=O)OCC1c2ccccc2-c2ccccc21. The van der Waals surface area contributed by atoms with Crippen molar-refractivity contribution in [3.63, 3.8) is 0 Å². The van der Waals surface area contributed by atoms with Crippen molar-refractivity contribution in [1.29, 1.82) is 0 Å². The molecule has 0 aliphatic heterocycles. The molecule has 0 amide bonds. The van der Waals surface area contributed by atoms with E-state index in [0.29, 0.717) is 6.61 Å². The first kappa shape index (κ1) is 15.7. The summed E-state index contributed by atoms with van der Waals surface area (Å²) in [6.45, 7) is 0.490. The molecule has 0 spiro atoms. The van der Waals surface area contributed by atoms with Crippen LogP contribution in [-0.4, -0.2) is 39.5 Å². The van der Waals surface area contributed by atoms with Gasteiger partial charge >= 0.3 is 5.97 Å². The Labute approximate surface area is 136 Å². The summed E-state index contributed by atoms with van der Waals surface area (Å²) >= 11 is 0. The van der Waals surface area contributed by atoms with Gasteiger partial charge in [-0.05, 0) is 22.3 Å². The third kappa shape index (κ3) is 3.00. The number of esters is 1. The Morgan fingerprint density at radius 2 is 1.57 bits per heavy atom. The van der Waals surface area contributed by atoms with Gasteiger partial charge in [-0.3, -0.25) is 0 Å². The summed E-state index contributed by atoms with van der Waals surface area (Å²) < 4.78 is 15.6. The van der Waals surface area contributed by atoms with E-state index < -0.39 is 12.1 Å². The van der Waals surface area contributed by atoms with E-state index in [-0.39, 0.29) is 12.5 Å². The van der Waals surface area contributed by atoms with Crippen LogP contribution in [0.1, 0.15) is 17.0 Å². The average molecular weight is 312 g/mol. The second-order valence-corrected chi connectivity index (χ2v) is 5.54. The fraction of sp³-hybridized carbons (Fsp3) is 0.316. The molecule has 120 valence electrons. The Hall–Kier alpha value is -2.17. The lowest BCUT2D eigenvalue weighted by Gasteiger charge is -2.17. The van der Waals surface area contributed by atoms with Gasteiger partial charge in [0.05, 0.1) is 6.61 Å². The van der Waals surface area contributed by atoms with Crippen molar-refractivity contribution in [3.05, 3.63) is 59.7 Å². The van der Waals surface area contributed by atoms with Gasteiger partial charge in [-0.2, -0.15) is 0 Å². The number of hydrogen-bond acceptors (Lipinski definition) is 4. The molecule has 4 nitrogen and oxygen atoms in total. The summed E-state index contributed by atoms with van der Waals surface area (Å²) in [5.74, 6) is -0.331. The number of benzene rings is 2. The van der Waals surface area contributed by atoms with E-state index >= 15 is 0 Å². The fourth-order valence-corrected chi connectivity index (χ4v) is 3.08. The zero-order chi connectivity index (χ0) is 16.2. The molecule has 0 radical (unpaired) electrons. The van der Waals surface area contributed by atoms with E-state index in [1.807, 2.05) is 24.3 Å². The second kappa shape index (κ2) is 6.94. The minimum atomic E-state index is -0.688. The summed E-state index contributed by atoms with van der Waals surface area (Å²) in [5, 5.41) is 0. The summed E-state index contributed by atoms with van der Waals surface area (Å²) in [7, 11) is 3.01. The molecule has 1 aliphatic carbocycles. The van der Waals surface area contributed by atoms with Crippen LogP contribution >= 0.6 is 0 Å². The Kier molecular flexibility index (Phi) is 4.74. The molecule has 0 N–H and O–H groups in total. The summed E-state index contributed by atoms with van der Waals surface area (Å²) in [6.07, 6.45) is -0.688. The van der Waals surface area contributed by atoms with E-state index in [4.69, 9.17) is 14.2 Å². The van der Waals surface area contributed by atoms with Crippen LogP contribution in [0, 0.1) is 0 Å². The molecule has 0 saturated heterocycles. The van der Waals surface area contributed by atoms with Gasteiger partial charge in [0.2, 0.25) is 0 Å². The van der Waals surface area contributed by atoms with Gasteiger partial charge in [-0.15, -0.1) is 0 Å². The van der Waals surface area contributed by atoms with Crippen molar-refractivity contribution >= 4 is 5.97 Å². The summed E-state index contributed by atoms with van der Waals surface area (Å²) in [4.78, 5) is 12.1. The molecule has 0 aromatic heterocycles. The van der Waals surface area contributed by atoms with E-state index in [1.165, 1.54) is 36.5 Å². The predicted molar refractivity (Wildman–Crippen MR) is 87.4 cm³/mol. The van der Waals surface area contributed by atoms with Gasteiger partial charge in [0.15, 0.2) is 6.10 Å². The summed E-state index contributed by atoms with van der Waals surface area (Å²) in [5.41, 5.74) is 4.82. The molecule has 0 saturated carbocycles. The number of carbonyl (C=O) groups excluding carboxylic acids is 1. The first-order valence-electron chi connectivity index (χ1n) is 7.63. The molecule has 1 atom stereocenters. The summed E-state index contributed by atoms with van der Waals surface area (Å²) in [6, 6.07) is 16.5. The Morgan fingerprint density at radius 3 is 2.09 bits per heavy atom. The number of methoxy groups -OCH3 is 2. The standard InChI is InChI=1S/C19H20O4/c1-21-12-18(22-2)19(20)23-11-17-15-9-5-3-7-13(15)14-8-4-6-10-16(14)17/h3-10,17-18H,11-12H2,1-2H3. The zero-order valence-electron chi connectivity index (χ0n) is 13.3. The molecule has 23 heavy (non-hydrogen) atoms. The quantitative estimate of drug-likeness (QED) is 0.769. The van der Waals surface area contributed by atoms with Gasteiger partial charge in [0.1, 0.15) is 6.61 Å². The fourth-order valence-electron chi connectivity index (χ4n) is 3.08. The molecular formula is C19H20O4. The normalized spacial score (nSPS) is 14.2. The van der Waals surface area contributed by atoms with Crippen LogP contribution in [0.3, 0.4) is 0 Å². The van der Waals surface area contributed by atoms with Crippen molar-refractivity contribution in [2.45, 2.75) is 12.0 Å². The van der Waals surface area contributed by atoms with Gasteiger partial charge in [-0.1, -0.05) is 48.5 Å². The van der Waals surface area contributed by atoms with Crippen LogP contribution in [0.2, 0.25) is 0 Å². The third-order valence-electron chi connectivity index (χ3n) is 4.22. The van der Waals surface area contributed by atoms with Gasteiger partial charge in [0.25, 0.3) is 0 Å². The van der Waals surface area contributed by atoms with E-state index in [2.05, 4.69) is 24.3 Å². The highest BCUT2D eigenvalue weighted by molar-refractivity contribution is 5.79. The highest BCUT2D eigenvalue weighted by atomic mass is 16.6. The number of ether oxygens (including phenoxy) is 3. The molecular weight excluding hydrogens is 292 g/mol. The molecule has 2 aromatic rings. The first-order chi connectivity index (χ1) is 11.3. The predicted octanol–water partition coefficient (Wildman–Crippen LogP) is 3.00. The maximum Gasteiger partial charge on any atom is 0.337 e. The molecule has 4 heteroatoms. The average Bonchev–Trinajstić information content (AvgIpc) is 2.91. The van der Waals surface area contributed by atoms with Crippen LogP contribution in [-0.2, 0) is 19.0 Å². The van der Waals surface area contributed by atoms with Crippen molar-refractivity contribution in [1.82, 2.24) is 0 Å². The number of carbonyl (C=O) groups is 1. The molecule has 1 unspecified atom stereocenters. The monoisotopic (exact) mass is 312 g/mol. The third-order valence-corrected chi connectivity index (χ3v) is 4.22. The highest BCUT2D eigenvalue weighted by Crippen LogP contribution is 2.44. The zero-order valence-corrected chi connectivity index (χ0v) is 13.3. The Balaban J connectivity index is 1.79. The van der Waals surface area contributed by atoms with Gasteiger partial charge in [-0.25, -0.2) is 4.79 Å². The second-order valence-electron chi connectivity index (χ2n) is 5.54. The molecule has 0 heterocycles. The lowest BCUT2D eigenvalue weighted by molar-refractivity contribution is -0.158. The van der Waals surface area contributed by atoms with E-state index in [1.54, 1.807) is 0 Å². The molecule has 1 aliphatic rings. The molecule has 0 bridgehead atoms. The highest BCUT2D eigenvalue weighted by Gasteiger charge is 2.30. The van der Waals surface area contributed by atoms with Crippen LogP contribution in [0.15, 0.2) is 48.5 Å². The molecule has 0 fully saturated rings. The van der Waals surface area contributed by atoms with Crippen LogP contribution in [0.5, 0.6) is 0 Å². The topological polar surface area (TPSA) is 44.8 Å². The molecule has 2 aromatic carbocycles. The number of fused-ring (bicyclic) bond motifs is 3. The van der Waals surface area contributed by atoms with Crippen molar-refractivity contribution in [3.8, 4) is 11.1 Å². The first-order valence-corrected chi connectivity index (χ1v) is 7.63. The van der Waals surface area contributed by atoms with Crippen LogP contribution in [0.4, 0.5) is 0 Å².